The average Bonchev–Trinajstić information content (AvgIpc) is 2.55. The van der Waals surface area contributed by atoms with Crippen molar-refractivity contribution in [1.29, 1.82) is 0 Å². The molecular formula is C19H34O6. The van der Waals surface area contributed by atoms with E-state index in [1.807, 2.05) is 0 Å². The van der Waals surface area contributed by atoms with Crippen LogP contribution >= 0.6 is 0 Å². The molecule has 0 heterocycles. The van der Waals surface area contributed by atoms with Crippen LogP contribution in [0.1, 0.15) is 85.0 Å². The highest BCUT2D eigenvalue weighted by atomic mass is 16.6. The van der Waals surface area contributed by atoms with Gasteiger partial charge in [-0.1, -0.05) is 58.3 Å². The molecule has 0 aromatic rings. The zero-order chi connectivity index (χ0) is 19.1. The predicted molar refractivity (Wildman–Crippen MR) is 95.0 cm³/mol. The number of unbranched alkanes of at least 4 members (excludes halogenated alkanes) is 8. The molecule has 0 saturated carbocycles. The topological polar surface area (TPSA) is 89.9 Å². The summed E-state index contributed by atoms with van der Waals surface area (Å²) < 4.78 is 9.86. The van der Waals surface area contributed by atoms with Gasteiger partial charge < -0.3 is 14.6 Å². The number of ether oxygens (including phenoxy) is 2. The summed E-state index contributed by atoms with van der Waals surface area (Å²) in [6.45, 7) is 3.99. The van der Waals surface area contributed by atoms with E-state index >= 15 is 0 Å². The van der Waals surface area contributed by atoms with E-state index in [1.54, 1.807) is 0 Å². The van der Waals surface area contributed by atoms with Crippen molar-refractivity contribution in [3.8, 4) is 0 Å². The molecule has 0 aromatic carbocycles. The van der Waals surface area contributed by atoms with E-state index < -0.39 is 30.8 Å². The number of Topliss-reactive ketones (excluding diaryl/α,β-unsaturated/α-hetero) is 1. The molecule has 6 nitrogen and oxygen atoms in total. The third-order valence-electron chi connectivity index (χ3n) is 3.97. The second-order valence-electron chi connectivity index (χ2n) is 6.41. The van der Waals surface area contributed by atoms with Gasteiger partial charge in [0.25, 0.3) is 0 Å². The zero-order valence-electron chi connectivity index (χ0n) is 15.9. The minimum absolute atomic E-state index is 0.242. The van der Waals surface area contributed by atoms with Crippen LogP contribution < -0.4 is 0 Å². The van der Waals surface area contributed by atoms with E-state index in [0.29, 0.717) is 6.42 Å². The van der Waals surface area contributed by atoms with Crippen LogP contribution in [-0.4, -0.2) is 41.6 Å². The second-order valence-corrected chi connectivity index (χ2v) is 6.41. The molecule has 146 valence electrons. The number of ketones is 1. The Balaban J connectivity index is 4.17. The molecule has 6 heteroatoms. The Labute approximate surface area is 151 Å². The Morgan fingerprint density at radius 1 is 0.800 bits per heavy atom. The van der Waals surface area contributed by atoms with Crippen molar-refractivity contribution in [2.24, 2.45) is 0 Å². The van der Waals surface area contributed by atoms with Gasteiger partial charge in [0.15, 0.2) is 18.0 Å². The van der Waals surface area contributed by atoms with Crippen molar-refractivity contribution in [3.63, 3.8) is 0 Å². The molecule has 0 spiro atoms. The molecule has 0 aliphatic heterocycles. The SMILES string of the molecule is CCCCCCCCCCCC(=O)C(OC(C)=O)C(CO)OC(C)=O. The van der Waals surface area contributed by atoms with Crippen LogP contribution in [0, 0.1) is 0 Å². The largest absolute Gasteiger partial charge is 0.456 e. The quantitative estimate of drug-likeness (QED) is 0.357. The van der Waals surface area contributed by atoms with Crippen LogP contribution in [-0.2, 0) is 23.9 Å². The maximum atomic E-state index is 12.3. The number of aliphatic hydroxyl groups is 1. The number of carbonyl (C=O) groups excluding carboxylic acids is 3. The molecule has 0 rings (SSSR count). The lowest BCUT2D eigenvalue weighted by Gasteiger charge is -2.23. The minimum atomic E-state index is -1.24. The molecule has 0 aliphatic rings. The van der Waals surface area contributed by atoms with Gasteiger partial charge in [0, 0.05) is 20.3 Å². The van der Waals surface area contributed by atoms with E-state index in [4.69, 9.17) is 9.47 Å². The zero-order valence-corrected chi connectivity index (χ0v) is 15.9. The molecular weight excluding hydrogens is 324 g/mol. The normalized spacial score (nSPS) is 13.1. The molecule has 2 atom stereocenters. The smallest absolute Gasteiger partial charge is 0.303 e. The summed E-state index contributed by atoms with van der Waals surface area (Å²) in [4.78, 5) is 34.5. The maximum Gasteiger partial charge on any atom is 0.303 e. The molecule has 1 N–H and O–H groups in total. The minimum Gasteiger partial charge on any atom is -0.456 e. The number of aliphatic hydroxyl groups excluding tert-OH is 1. The van der Waals surface area contributed by atoms with Crippen LogP contribution in [0.15, 0.2) is 0 Å². The lowest BCUT2D eigenvalue weighted by molar-refractivity contribution is -0.172. The fourth-order valence-corrected chi connectivity index (χ4v) is 2.69. The first-order valence-corrected chi connectivity index (χ1v) is 9.40. The van der Waals surface area contributed by atoms with Crippen LogP contribution in [0.3, 0.4) is 0 Å². The molecule has 25 heavy (non-hydrogen) atoms. The van der Waals surface area contributed by atoms with E-state index in [0.717, 1.165) is 19.3 Å². The summed E-state index contributed by atoms with van der Waals surface area (Å²) in [5, 5.41) is 9.32. The summed E-state index contributed by atoms with van der Waals surface area (Å²) in [6, 6.07) is 0. The molecule has 0 bridgehead atoms. The summed E-state index contributed by atoms with van der Waals surface area (Å²) in [6.07, 6.45) is 8.05. The Morgan fingerprint density at radius 2 is 1.28 bits per heavy atom. The van der Waals surface area contributed by atoms with Gasteiger partial charge in [-0.05, 0) is 6.42 Å². The number of carbonyl (C=O) groups is 3. The van der Waals surface area contributed by atoms with Crippen LogP contribution in [0.5, 0.6) is 0 Å². The van der Waals surface area contributed by atoms with Crippen molar-refractivity contribution < 1.29 is 29.0 Å². The third-order valence-corrected chi connectivity index (χ3v) is 3.97. The number of hydrogen-bond donors (Lipinski definition) is 1. The molecule has 0 fully saturated rings. The molecule has 0 aromatic heterocycles. The van der Waals surface area contributed by atoms with Gasteiger partial charge in [-0.3, -0.25) is 14.4 Å². The predicted octanol–water partition coefficient (Wildman–Crippen LogP) is 3.33. The van der Waals surface area contributed by atoms with Gasteiger partial charge in [0.2, 0.25) is 0 Å². The lowest BCUT2D eigenvalue weighted by atomic mass is 10.0. The molecule has 0 aliphatic carbocycles. The standard InChI is InChI=1S/C19H34O6/c1-4-5-6-7-8-9-10-11-12-13-17(23)19(25-16(3)22)18(14-20)24-15(2)21/h18-20H,4-14H2,1-3H3. The van der Waals surface area contributed by atoms with E-state index in [2.05, 4.69) is 6.92 Å². The van der Waals surface area contributed by atoms with Crippen molar-refractivity contribution in [3.05, 3.63) is 0 Å². The Morgan fingerprint density at radius 3 is 1.72 bits per heavy atom. The maximum absolute atomic E-state index is 12.3. The fourth-order valence-electron chi connectivity index (χ4n) is 2.69. The number of hydrogen-bond acceptors (Lipinski definition) is 6. The first kappa shape index (κ1) is 23.6. The number of esters is 2. The van der Waals surface area contributed by atoms with Gasteiger partial charge in [0.05, 0.1) is 6.61 Å². The highest BCUT2D eigenvalue weighted by Crippen LogP contribution is 2.14. The van der Waals surface area contributed by atoms with Gasteiger partial charge >= 0.3 is 11.9 Å². The van der Waals surface area contributed by atoms with Crippen molar-refractivity contribution >= 4 is 17.7 Å². The van der Waals surface area contributed by atoms with E-state index in [9.17, 15) is 19.5 Å². The summed E-state index contributed by atoms with van der Waals surface area (Å²) in [5.74, 6) is -1.60. The van der Waals surface area contributed by atoms with Crippen molar-refractivity contribution in [2.75, 3.05) is 6.61 Å². The summed E-state index contributed by atoms with van der Waals surface area (Å²) in [5.41, 5.74) is 0. The highest BCUT2D eigenvalue weighted by Gasteiger charge is 2.32. The molecule has 0 saturated heterocycles. The first-order valence-electron chi connectivity index (χ1n) is 9.40. The number of rotatable bonds is 15. The van der Waals surface area contributed by atoms with Gasteiger partial charge in [0.1, 0.15) is 0 Å². The monoisotopic (exact) mass is 358 g/mol. The van der Waals surface area contributed by atoms with Gasteiger partial charge in [-0.2, -0.15) is 0 Å². The Bertz CT molecular complexity index is 393. The third kappa shape index (κ3) is 12.6. The molecule has 0 radical (unpaired) electrons. The van der Waals surface area contributed by atoms with E-state index in [-0.39, 0.29) is 12.2 Å². The Hall–Kier alpha value is -1.43. The van der Waals surface area contributed by atoms with Gasteiger partial charge in [-0.15, -0.1) is 0 Å². The van der Waals surface area contributed by atoms with E-state index in [1.165, 1.54) is 46.0 Å². The van der Waals surface area contributed by atoms with Crippen LogP contribution in [0.25, 0.3) is 0 Å². The lowest BCUT2D eigenvalue weighted by Crippen LogP contribution is -2.42. The van der Waals surface area contributed by atoms with Crippen molar-refractivity contribution in [2.45, 2.75) is 97.2 Å². The highest BCUT2D eigenvalue weighted by molar-refractivity contribution is 5.86. The molecule has 0 amide bonds. The first-order chi connectivity index (χ1) is 11.9. The van der Waals surface area contributed by atoms with Crippen molar-refractivity contribution in [1.82, 2.24) is 0 Å². The van der Waals surface area contributed by atoms with Crippen LogP contribution in [0.4, 0.5) is 0 Å². The van der Waals surface area contributed by atoms with Gasteiger partial charge in [-0.25, -0.2) is 0 Å². The average molecular weight is 358 g/mol. The Kier molecular flexibility index (Phi) is 14.0. The summed E-state index contributed by atoms with van der Waals surface area (Å²) in [7, 11) is 0. The summed E-state index contributed by atoms with van der Waals surface area (Å²) >= 11 is 0. The van der Waals surface area contributed by atoms with Crippen LogP contribution in [0.2, 0.25) is 0 Å². The fraction of sp³-hybridized carbons (Fsp3) is 0.842. The second kappa shape index (κ2) is 14.9. The molecule has 2 unspecified atom stereocenters.